The first-order chi connectivity index (χ1) is 9.56. The van der Waals surface area contributed by atoms with Crippen molar-refractivity contribution in [3.05, 3.63) is 70.8 Å². The smallest absolute Gasteiger partial charge is 0.129 e. The number of hydrogen-bond acceptors (Lipinski definition) is 0. The van der Waals surface area contributed by atoms with Crippen molar-refractivity contribution in [2.75, 3.05) is 0 Å². The molecule has 0 aromatic heterocycles. The molecule has 0 fully saturated rings. The fraction of sp³-hybridized carbons (Fsp3) is 0.294. The van der Waals surface area contributed by atoms with Crippen LogP contribution in [0.4, 0.5) is 8.78 Å². The average molecular weight is 339 g/mol. The van der Waals surface area contributed by atoms with E-state index in [0.717, 1.165) is 12.8 Å². The Morgan fingerprint density at radius 1 is 1.05 bits per heavy atom. The quantitative estimate of drug-likeness (QED) is 0.656. The fourth-order valence-electron chi connectivity index (χ4n) is 2.24. The first kappa shape index (κ1) is 15.2. The molecule has 20 heavy (non-hydrogen) atoms. The highest BCUT2D eigenvalue weighted by atomic mass is 79.9. The summed E-state index contributed by atoms with van der Waals surface area (Å²) in [5.41, 5.74) is 2.65. The van der Waals surface area contributed by atoms with Crippen molar-refractivity contribution in [2.45, 2.75) is 31.0 Å². The van der Waals surface area contributed by atoms with Crippen molar-refractivity contribution in [3.8, 4) is 0 Å². The predicted octanol–water partition coefficient (Wildman–Crippen LogP) is 5.21. The Kier molecular flexibility index (Phi) is 5.30. The monoisotopic (exact) mass is 338 g/mol. The third-order valence-electron chi connectivity index (χ3n) is 3.32. The van der Waals surface area contributed by atoms with Gasteiger partial charge in [-0.1, -0.05) is 51.8 Å². The second-order valence-electron chi connectivity index (χ2n) is 5.03. The summed E-state index contributed by atoms with van der Waals surface area (Å²) in [7, 11) is 0. The first-order valence-electron chi connectivity index (χ1n) is 6.69. The van der Waals surface area contributed by atoms with Crippen LogP contribution in [-0.4, -0.2) is 4.83 Å². The van der Waals surface area contributed by atoms with Gasteiger partial charge in [-0.25, -0.2) is 8.78 Å². The van der Waals surface area contributed by atoms with Gasteiger partial charge in [0, 0.05) is 10.4 Å². The van der Waals surface area contributed by atoms with E-state index in [2.05, 4.69) is 41.1 Å². The zero-order valence-electron chi connectivity index (χ0n) is 11.4. The van der Waals surface area contributed by atoms with Gasteiger partial charge in [-0.2, -0.15) is 0 Å². The molecule has 0 heterocycles. The summed E-state index contributed by atoms with van der Waals surface area (Å²) in [6, 6.07) is 12.3. The van der Waals surface area contributed by atoms with Crippen molar-refractivity contribution >= 4 is 15.9 Å². The summed E-state index contributed by atoms with van der Waals surface area (Å²) in [4.78, 5) is 0.0643. The molecule has 1 atom stereocenters. The number of halogens is 3. The van der Waals surface area contributed by atoms with Crippen LogP contribution in [-0.2, 0) is 12.8 Å². The lowest BCUT2D eigenvalue weighted by atomic mass is 10.0. The molecule has 2 rings (SSSR count). The number of alkyl halides is 1. The maximum absolute atomic E-state index is 13.6. The SMILES string of the molecule is Cc1cccc(CCC(Br)Cc2c(F)cccc2F)c1. The Morgan fingerprint density at radius 2 is 1.70 bits per heavy atom. The minimum atomic E-state index is -0.468. The van der Waals surface area contributed by atoms with Crippen molar-refractivity contribution < 1.29 is 8.78 Å². The standard InChI is InChI=1S/C17H17BrF2/c1-12-4-2-5-13(10-12)8-9-14(18)11-15-16(19)6-3-7-17(15)20/h2-7,10,14H,8-9,11H2,1H3. The van der Waals surface area contributed by atoms with Crippen molar-refractivity contribution in [1.29, 1.82) is 0 Å². The molecule has 0 spiro atoms. The lowest BCUT2D eigenvalue weighted by Crippen LogP contribution is -2.08. The summed E-state index contributed by atoms with van der Waals surface area (Å²) >= 11 is 3.53. The van der Waals surface area contributed by atoms with Crippen LogP contribution in [0.25, 0.3) is 0 Å². The van der Waals surface area contributed by atoms with Crippen LogP contribution in [0.2, 0.25) is 0 Å². The maximum atomic E-state index is 13.6. The van der Waals surface area contributed by atoms with E-state index >= 15 is 0 Å². The van der Waals surface area contributed by atoms with E-state index in [-0.39, 0.29) is 10.4 Å². The van der Waals surface area contributed by atoms with Gasteiger partial charge in [-0.05, 0) is 43.9 Å². The van der Waals surface area contributed by atoms with Crippen molar-refractivity contribution in [3.63, 3.8) is 0 Å². The van der Waals surface area contributed by atoms with Crippen LogP contribution in [0.1, 0.15) is 23.1 Å². The van der Waals surface area contributed by atoms with Crippen LogP contribution in [0.5, 0.6) is 0 Å². The van der Waals surface area contributed by atoms with Crippen LogP contribution in [0, 0.1) is 18.6 Å². The van der Waals surface area contributed by atoms with Crippen LogP contribution in [0.3, 0.4) is 0 Å². The Labute approximate surface area is 127 Å². The predicted molar refractivity (Wildman–Crippen MR) is 82.3 cm³/mol. The highest BCUT2D eigenvalue weighted by Crippen LogP contribution is 2.20. The molecule has 2 aromatic carbocycles. The molecule has 0 N–H and O–H groups in total. The molecule has 0 aliphatic rings. The number of benzene rings is 2. The van der Waals surface area contributed by atoms with E-state index in [9.17, 15) is 8.78 Å². The molecular formula is C17H17BrF2. The lowest BCUT2D eigenvalue weighted by molar-refractivity contribution is 0.550. The normalized spacial score (nSPS) is 12.4. The topological polar surface area (TPSA) is 0 Å². The molecule has 0 aliphatic heterocycles. The highest BCUT2D eigenvalue weighted by molar-refractivity contribution is 9.09. The summed E-state index contributed by atoms with van der Waals surface area (Å²) in [5, 5.41) is 0. The molecule has 0 radical (unpaired) electrons. The van der Waals surface area contributed by atoms with Crippen molar-refractivity contribution in [1.82, 2.24) is 0 Å². The third kappa shape index (κ3) is 4.14. The van der Waals surface area contributed by atoms with Crippen LogP contribution in [0.15, 0.2) is 42.5 Å². The molecule has 0 nitrogen and oxygen atoms in total. The summed E-state index contributed by atoms with van der Waals surface area (Å²) in [6.07, 6.45) is 2.11. The highest BCUT2D eigenvalue weighted by Gasteiger charge is 2.13. The van der Waals surface area contributed by atoms with Crippen molar-refractivity contribution in [2.24, 2.45) is 0 Å². The van der Waals surface area contributed by atoms with Crippen LogP contribution < -0.4 is 0 Å². The molecule has 3 heteroatoms. The molecule has 0 saturated carbocycles. The minimum Gasteiger partial charge on any atom is -0.207 e. The average Bonchev–Trinajstić information content (AvgIpc) is 2.41. The second-order valence-corrected chi connectivity index (χ2v) is 6.32. The van der Waals surface area contributed by atoms with Gasteiger partial charge in [-0.3, -0.25) is 0 Å². The maximum Gasteiger partial charge on any atom is 0.129 e. The van der Waals surface area contributed by atoms with Gasteiger partial charge in [0.2, 0.25) is 0 Å². The molecular weight excluding hydrogens is 322 g/mol. The second kappa shape index (κ2) is 6.98. The van der Waals surface area contributed by atoms with Gasteiger partial charge in [0.15, 0.2) is 0 Å². The van der Waals surface area contributed by atoms with Gasteiger partial charge >= 0.3 is 0 Å². The Morgan fingerprint density at radius 3 is 2.35 bits per heavy atom. The molecule has 0 saturated heterocycles. The minimum absolute atomic E-state index is 0.0643. The number of hydrogen-bond donors (Lipinski definition) is 0. The summed E-state index contributed by atoms with van der Waals surface area (Å²) in [5.74, 6) is -0.935. The Bertz CT molecular complexity index is 561. The van der Waals surface area contributed by atoms with E-state index < -0.39 is 11.6 Å². The van der Waals surface area contributed by atoms with Gasteiger partial charge in [0.05, 0.1) is 0 Å². The van der Waals surface area contributed by atoms with E-state index in [1.807, 2.05) is 6.07 Å². The lowest BCUT2D eigenvalue weighted by Gasteiger charge is -2.11. The van der Waals surface area contributed by atoms with E-state index in [1.54, 1.807) is 0 Å². The summed E-state index contributed by atoms with van der Waals surface area (Å²) in [6.45, 7) is 2.06. The number of rotatable bonds is 5. The van der Waals surface area contributed by atoms with Gasteiger partial charge in [0.1, 0.15) is 11.6 Å². The molecule has 106 valence electrons. The van der Waals surface area contributed by atoms with Gasteiger partial charge in [0.25, 0.3) is 0 Å². The Balaban J connectivity index is 1.94. The third-order valence-corrected chi connectivity index (χ3v) is 4.10. The molecule has 0 amide bonds. The van der Waals surface area contributed by atoms with Crippen LogP contribution >= 0.6 is 15.9 Å². The van der Waals surface area contributed by atoms with E-state index in [0.29, 0.717) is 6.42 Å². The van der Waals surface area contributed by atoms with Gasteiger partial charge < -0.3 is 0 Å². The van der Waals surface area contributed by atoms with Gasteiger partial charge in [-0.15, -0.1) is 0 Å². The zero-order valence-corrected chi connectivity index (χ0v) is 13.0. The largest absolute Gasteiger partial charge is 0.207 e. The first-order valence-corrected chi connectivity index (χ1v) is 7.60. The molecule has 1 unspecified atom stereocenters. The number of aryl methyl sites for hydroxylation is 2. The fourth-order valence-corrected chi connectivity index (χ4v) is 2.79. The Hall–Kier alpha value is -1.22. The molecule has 2 aromatic rings. The molecule has 0 bridgehead atoms. The van der Waals surface area contributed by atoms with E-state index in [4.69, 9.17) is 0 Å². The summed E-state index contributed by atoms with van der Waals surface area (Å²) < 4.78 is 27.1. The van der Waals surface area contributed by atoms with E-state index in [1.165, 1.54) is 29.3 Å². The zero-order chi connectivity index (χ0) is 14.5. The molecule has 0 aliphatic carbocycles.